The molecule has 0 saturated heterocycles. The van der Waals surface area contributed by atoms with Crippen LogP contribution >= 0.6 is 11.6 Å². The van der Waals surface area contributed by atoms with Crippen molar-refractivity contribution in [2.24, 2.45) is 0 Å². The molecule has 2 aromatic rings. The van der Waals surface area contributed by atoms with Gasteiger partial charge < -0.3 is 5.32 Å². The van der Waals surface area contributed by atoms with Crippen molar-refractivity contribution in [3.63, 3.8) is 0 Å². The molecule has 6 heteroatoms. The summed E-state index contributed by atoms with van der Waals surface area (Å²) in [5, 5.41) is 2.62. The summed E-state index contributed by atoms with van der Waals surface area (Å²) in [7, 11) is 0. The molecule has 0 aliphatic heterocycles. The van der Waals surface area contributed by atoms with Crippen LogP contribution in [0.4, 0.5) is 10.2 Å². The van der Waals surface area contributed by atoms with Gasteiger partial charge in [-0.1, -0.05) is 23.7 Å². The Kier molecular flexibility index (Phi) is 3.30. The second-order valence-electron chi connectivity index (χ2n) is 3.16. The fourth-order valence-electron chi connectivity index (χ4n) is 1.23. The molecule has 1 N–H and O–H groups in total. The van der Waals surface area contributed by atoms with Gasteiger partial charge in [0, 0.05) is 6.07 Å². The number of rotatable bonds is 2. The highest BCUT2D eigenvalue weighted by Crippen LogP contribution is 2.12. The fourth-order valence-corrected chi connectivity index (χ4v) is 1.38. The Bertz CT molecular complexity index is 562. The van der Waals surface area contributed by atoms with Crippen molar-refractivity contribution >= 4 is 23.3 Å². The van der Waals surface area contributed by atoms with Crippen molar-refractivity contribution in [1.29, 1.82) is 0 Å². The van der Waals surface area contributed by atoms with Crippen molar-refractivity contribution in [2.75, 3.05) is 5.32 Å². The number of aromatic nitrogens is 2. The highest BCUT2D eigenvalue weighted by Gasteiger charge is 2.11. The molecule has 0 atom stereocenters. The average molecular weight is 252 g/mol. The van der Waals surface area contributed by atoms with Gasteiger partial charge in [-0.25, -0.2) is 14.4 Å². The molecule has 1 aromatic carbocycles. The lowest BCUT2D eigenvalue weighted by Gasteiger charge is -2.04. The van der Waals surface area contributed by atoms with Gasteiger partial charge in [-0.15, -0.1) is 0 Å². The van der Waals surface area contributed by atoms with E-state index >= 15 is 0 Å². The molecule has 0 fully saturated rings. The quantitative estimate of drug-likeness (QED) is 0.835. The maximum absolute atomic E-state index is 13.3. The molecule has 1 aromatic heterocycles. The molecule has 0 radical (unpaired) electrons. The first kappa shape index (κ1) is 11.5. The largest absolute Gasteiger partial charge is 0.306 e. The Morgan fingerprint density at radius 1 is 1.29 bits per heavy atom. The van der Waals surface area contributed by atoms with Gasteiger partial charge in [-0.2, -0.15) is 0 Å². The third kappa shape index (κ3) is 2.76. The lowest BCUT2D eigenvalue weighted by Crippen LogP contribution is -2.14. The summed E-state index contributed by atoms with van der Waals surface area (Å²) in [6.07, 6.45) is 1.21. The molecule has 0 spiro atoms. The van der Waals surface area contributed by atoms with Gasteiger partial charge >= 0.3 is 0 Å². The first-order valence-electron chi connectivity index (χ1n) is 4.70. The number of anilines is 1. The van der Waals surface area contributed by atoms with Crippen LogP contribution in [-0.4, -0.2) is 15.9 Å². The molecule has 0 aliphatic carbocycles. The normalized spacial score (nSPS) is 10.0. The Morgan fingerprint density at radius 3 is 2.76 bits per heavy atom. The zero-order valence-electron chi connectivity index (χ0n) is 8.52. The van der Waals surface area contributed by atoms with E-state index in [0.29, 0.717) is 0 Å². The Hall–Kier alpha value is -2.01. The van der Waals surface area contributed by atoms with E-state index in [2.05, 4.69) is 15.3 Å². The van der Waals surface area contributed by atoms with E-state index in [1.165, 1.54) is 30.6 Å². The smallest absolute Gasteiger partial charge is 0.259 e. The van der Waals surface area contributed by atoms with Crippen molar-refractivity contribution in [2.45, 2.75) is 0 Å². The Labute approximate surface area is 101 Å². The number of carbonyl (C=O) groups excluding carboxylic acids is 1. The summed E-state index contributed by atoms with van der Waals surface area (Å²) in [6, 6.07) is 7.05. The summed E-state index contributed by atoms with van der Waals surface area (Å²) >= 11 is 5.63. The molecular weight excluding hydrogens is 245 g/mol. The van der Waals surface area contributed by atoms with Crippen LogP contribution in [0.15, 0.2) is 36.7 Å². The summed E-state index contributed by atoms with van der Waals surface area (Å²) in [5.41, 5.74) is -0.0535. The molecule has 0 bridgehead atoms. The summed E-state index contributed by atoms with van der Waals surface area (Å²) in [4.78, 5) is 19.1. The maximum atomic E-state index is 13.3. The van der Waals surface area contributed by atoms with Crippen molar-refractivity contribution in [3.8, 4) is 0 Å². The van der Waals surface area contributed by atoms with Gasteiger partial charge in [0.25, 0.3) is 5.91 Å². The van der Waals surface area contributed by atoms with Gasteiger partial charge in [0.1, 0.15) is 23.1 Å². The van der Waals surface area contributed by atoms with E-state index in [0.717, 1.165) is 0 Å². The average Bonchev–Trinajstić information content (AvgIpc) is 2.29. The molecule has 0 aliphatic rings. The summed E-state index contributed by atoms with van der Waals surface area (Å²) in [6.45, 7) is 0. The zero-order chi connectivity index (χ0) is 12.3. The van der Waals surface area contributed by atoms with Crippen LogP contribution in [0, 0.1) is 5.82 Å². The Balaban J connectivity index is 2.20. The van der Waals surface area contributed by atoms with Crippen LogP contribution in [0.25, 0.3) is 0 Å². The third-order valence-corrected chi connectivity index (χ3v) is 2.20. The summed E-state index contributed by atoms with van der Waals surface area (Å²) < 4.78 is 13.3. The van der Waals surface area contributed by atoms with E-state index in [-0.39, 0.29) is 16.5 Å². The van der Waals surface area contributed by atoms with Crippen molar-refractivity contribution in [3.05, 3.63) is 53.2 Å². The van der Waals surface area contributed by atoms with Gasteiger partial charge in [0.15, 0.2) is 0 Å². The molecule has 2 rings (SSSR count). The monoisotopic (exact) mass is 251 g/mol. The number of benzene rings is 1. The predicted molar refractivity (Wildman–Crippen MR) is 61.4 cm³/mol. The number of carbonyl (C=O) groups is 1. The maximum Gasteiger partial charge on any atom is 0.259 e. The predicted octanol–water partition coefficient (Wildman–Crippen LogP) is 2.52. The second-order valence-corrected chi connectivity index (χ2v) is 3.55. The topological polar surface area (TPSA) is 54.9 Å². The highest BCUT2D eigenvalue weighted by molar-refractivity contribution is 6.29. The Morgan fingerprint density at radius 2 is 2.06 bits per heavy atom. The zero-order valence-corrected chi connectivity index (χ0v) is 9.28. The minimum atomic E-state index is -0.592. The SMILES string of the molecule is O=C(Nc1cc(Cl)ncn1)c1ccccc1F. The van der Waals surface area contributed by atoms with Crippen LogP contribution in [0.2, 0.25) is 5.15 Å². The molecule has 1 heterocycles. The fraction of sp³-hybridized carbons (Fsp3) is 0. The lowest BCUT2D eigenvalue weighted by molar-refractivity contribution is 0.102. The van der Waals surface area contributed by atoms with Crippen LogP contribution < -0.4 is 5.32 Å². The number of amides is 1. The molecule has 17 heavy (non-hydrogen) atoms. The molecule has 4 nitrogen and oxygen atoms in total. The standard InChI is InChI=1S/C11H7ClFN3O/c12-9-5-10(15-6-14-9)16-11(17)7-3-1-2-4-8(7)13/h1-6H,(H,14,15,16,17). The first-order chi connectivity index (χ1) is 8.16. The number of nitrogens with one attached hydrogen (secondary N) is 1. The third-order valence-electron chi connectivity index (χ3n) is 1.99. The van der Waals surface area contributed by atoms with Crippen LogP contribution in [0.3, 0.4) is 0 Å². The molecular formula is C11H7ClFN3O. The van der Waals surface area contributed by atoms with E-state index in [1.807, 2.05) is 0 Å². The van der Waals surface area contributed by atoms with E-state index in [4.69, 9.17) is 11.6 Å². The lowest BCUT2D eigenvalue weighted by atomic mass is 10.2. The number of hydrogen-bond acceptors (Lipinski definition) is 3. The van der Waals surface area contributed by atoms with Gasteiger partial charge in [0.2, 0.25) is 0 Å². The van der Waals surface area contributed by atoms with Crippen molar-refractivity contribution < 1.29 is 9.18 Å². The van der Waals surface area contributed by atoms with E-state index in [9.17, 15) is 9.18 Å². The van der Waals surface area contributed by atoms with Gasteiger partial charge in [-0.05, 0) is 12.1 Å². The highest BCUT2D eigenvalue weighted by atomic mass is 35.5. The summed E-state index contributed by atoms with van der Waals surface area (Å²) in [5.74, 6) is -0.957. The number of hydrogen-bond donors (Lipinski definition) is 1. The van der Waals surface area contributed by atoms with Crippen LogP contribution in [-0.2, 0) is 0 Å². The molecule has 86 valence electrons. The van der Waals surface area contributed by atoms with Gasteiger partial charge in [0.05, 0.1) is 5.56 Å². The minimum Gasteiger partial charge on any atom is -0.306 e. The molecule has 1 amide bonds. The molecule has 0 saturated carbocycles. The first-order valence-corrected chi connectivity index (χ1v) is 5.08. The van der Waals surface area contributed by atoms with E-state index < -0.39 is 11.7 Å². The van der Waals surface area contributed by atoms with Gasteiger partial charge in [-0.3, -0.25) is 4.79 Å². The van der Waals surface area contributed by atoms with Crippen LogP contribution in [0.5, 0.6) is 0 Å². The van der Waals surface area contributed by atoms with Crippen LogP contribution in [0.1, 0.15) is 10.4 Å². The van der Waals surface area contributed by atoms with E-state index in [1.54, 1.807) is 6.07 Å². The molecule has 0 unspecified atom stereocenters. The van der Waals surface area contributed by atoms with Crippen molar-refractivity contribution in [1.82, 2.24) is 9.97 Å². The second kappa shape index (κ2) is 4.88. The minimum absolute atomic E-state index is 0.0535. The number of halogens is 2. The number of nitrogens with zero attached hydrogens (tertiary/aromatic N) is 2.